The predicted octanol–water partition coefficient (Wildman–Crippen LogP) is 0.512. The summed E-state index contributed by atoms with van der Waals surface area (Å²) in [6.45, 7) is 4.71. The van der Waals surface area contributed by atoms with E-state index in [4.69, 9.17) is 7.42 Å². The zero-order valence-corrected chi connectivity index (χ0v) is 9.41. The van der Waals surface area contributed by atoms with Crippen molar-refractivity contribution in [3.63, 3.8) is 0 Å². The molecule has 0 saturated carbocycles. The summed E-state index contributed by atoms with van der Waals surface area (Å²) in [5.74, 6) is 0. The maximum atomic E-state index is 5.19. The zero-order chi connectivity index (χ0) is 6.62. The first-order valence-corrected chi connectivity index (χ1v) is 4.05. The molecule has 3 radical (unpaired) electrons. The molecule has 0 N–H and O–H groups in total. The topological polar surface area (TPSA) is 18.5 Å². The molecule has 0 amide bonds. The van der Waals surface area contributed by atoms with Crippen LogP contribution in [0.25, 0.3) is 0 Å². The van der Waals surface area contributed by atoms with E-state index in [0.717, 1.165) is 26.2 Å². The average Bonchev–Trinajstić information content (AvgIpc) is 1.67. The molecule has 0 fully saturated rings. The molecule has 0 atom stereocenters. The number of hydrogen-bond acceptors (Lipinski definition) is 2. The molecule has 0 aliphatic heterocycles. The molecule has 0 spiro atoms. The van der Waals surface area contributed by atoms with Crippen LogP contribution in [-0.4, -0.2) is 45.5 Å². The van der Waals surface area contributed by atoms with E-state index in [-0.39, 0.29) is 5.60 Å². The quantitative estimate of drug-likeness (QED) is 0.707. The molecule has 0 heterocycles. The Morgan fingerprint density at radius 3 is 2.12 bits per heavy atom. The second kappa shape index (κ2) is 3.79. The van der Waals surface area contributed by atoms with Gasteiger partial charge in [-0.3, -0.25) is 0 Å². The average molecular weight is 310 g/mol. The van der Waals surface area contributed by atoms with Gasteiger partial charge in [0.05, 0.1) is 0 Å². The van der Waals surface area contributed by atoms with Crippen molar-refractivity contribution in [2.45, 2.75) is 19.4 Å². The molecule has 0 saturated heterocycles. The Morgan fingerprint density at radius 2 is 2.00 bits per heavy atom. The Morgan fingerprint density at radius 1 is 1.50 bits per heavy atom. The summed E-state index contributed by atoms with van der Waals surface area (Å²) < 4.78 is 10.1. The fourth-order valence-electron chi connectivity index (χ4n) is 0.377. The first kappa shape index (κ1) is 8.84. The summed E-state index contributed by atoms with van der Waals surface area (Å²) in [7, 11) is 1.68. The van der Waals surface area contributed by atoms with Gasteiger partial charge >= 0.3 is 66.8 Å². The van der Waals surface area contributed by atoms with E-state index >= 15 is 0 Å². The fraction of sp³-hybridized carbons (Fsp3) is 1.00. The van der Waals surface area contributed by atoms with Crippen LogP contribution in [0.3, 0.4) is 0 Å². The molecular formula is C5H11O2Pb. The molecule has 0 aliphatic carbocycles. The molecule has 3 heteroatoms. The minimum absolute atomic E-state index is 0.0685. The van der Waals surface area contributed by atoms with Gasteiger partial charge in [-0.05, 0) is 0 Å². The van der Waals surface area contributed by atoms with Gasteiger partial charge in [0.1, 0.15) is 0 Å². The molecule has 0 bridgehead atoms. The van der Waals surface area contributed by atoms with E-state index in [1.165, 1.54) is 0 Å². The van der Waals surface area contributed by atoms with E-state index < -0.39 is 0 Å². The van der Waals surface area contributed by atoms with E-state index in [1.807, 2.05) is 13.8 Å². The van der Waals surface area contributed by atoms with Crippen molar-refractivity contribution in [3.8, 4) is 0 Å². The van der Waals surface area contributed by atoms with Gasteiger partial charge in [0, 0.05) is 0 Å². The fourth-order valence-corrected chi connectivity index (χ4v) is 0.606. The molecule has 0 aromatic rings. The first-order valence-electron chi connectivity index (χ1n) is 2.46. The van der Waals surface area contributed by atoms with Crippen LogP contribution in [0.2, 0.25) is 0 Å². The number of ether oxygens (including phenoxy) is 1. The normalized spacial score (nSPS) is 12.0. The monoisotopic (exact) mass is 311 g/mol. The summed E-state index contributed by atoms with van der Waals surface area (Å²) in [6, 6.07) is 0. The van der Waals surface area contributed by atoms with Crippen molar-refractivity contribution in [3.05, 3.63) is 0 Å². The van der Waals surface area contributed by atoms with Gasteiger partial charge in [-0.2, -0.15) is 0 Å². The number of rotatable bonds is 3. The molecular weight excluding hydrogens is 299 g/mol. The van der Waals surface area contributed by atoms with E-state index in [2.05, 4.69) is 0 Å². The van der Waals surface area contributed by atoms with E-state index in [9.17, 15) is 0 Å². The van der Waals surface area contributed by atoms with Crippen LogP contribution in [0.4, 0.5) is 0 Å². The Kier molecular flexibility index (Phi) is 4.19. The van der Waals surface area contributed by atoms with Crippen LogP contribution in [0.1, 0.15) is 13.8 Å². The van der Waals surface area contributed by atoms with Crippen LogP contribution in [0, 0.1) is 0 Å². The van der Waals surface area contributed by atoms with Crippen molar-refractivity contribution in [1.82, 2.24) is 0 Å². The molecule has 8 heavy (non-hydrogen) atoms. The Balaban J connectivity index is 3.37. The predicted molar refractivity (Wildman–Crippen MR) is 32.8 cm³/mol. The van der Waals surface area contributed by atoms with Crippen molar-refractivity contribution in [2.24, 2.45) is 0 Å². The van der Waals surface area contributed by atoms with Crippen molar-refractivity contribution < 1.29 is 7.42 Å². The molecule has 0 aliphatic rings. The third-order valence-corrected chi connectivity index (χ3v) is 2.92. The standard InChI is InChI=1S/C5H11O2.Pb/c1-5(2,6)4-7-3;/h4H2,1-3H3;/q-1;+1. The van der Waals surface area contributed by atoms with Crippen molar-refractivity contribution in [1.29, 1.82) is 0 Å². The van der Waals surface area contributed by atoms with Crippen LogP contribution in [0.15, 0.2) is 0 Å². The third kappa shape index (κ3) is 3.80. The molecule has 0 aromatic heterocycles. The van der Waals surface area contributed by atoms with Gasteiger partial charge in [0.2, 0.25) is 0 Å². The summed E-state index contributed by atoms with van der Waals surface area (Å²) in [5.41, 5.74) is -0.0685. The Bertz CT molecular complexity index is 63.4. The van der Waals surface area contributed by atoms with Gasteiger partial charge in [-0.25, -0.2) is 0 Å². The van der Waals surface area contributed by atoms with Crippen LogP contribution >= 0.6 is 0 Å². The summed E-state index contributed by atoms with van der Waals surface area (Å²) in [4.78, 5) is 0. The zero-order valence-electron chi connectivity index (χ0n) is 5.52. The van der Waals surface area contributed by atoms with Gasteiger partial charge in [-0.15, -0.1) is 0 Å². The second-order valence-electron chi connectivity index (χ2n) is 2.29. The molecule has 0 rings (SSSR count). The number of methoxy groups -OCH3 is 1. The van der Waals surface area contributed by atoms with Gasteiger partial charge in [0.15, 0.2) is 0 Å². The summed E-state index contributed by atoms with van der Waals surface area (Å²) in [6.07, 6.45) is 0. The Hall–Kier alpha value is 0.842. The van der Waals surface area contributed by atoms with Gasteiger partial charge in [0.25, 0.3) is 0 Å². The SMILES string of the molecule is COCC(C)(C)[O][Pb]. The second-order valence-corrected chi connectivity index (χ2v) is 3.09. The molecule has 47 valence electrons. The first-order chi connectivity index (χ1) is 3.62. The minimum atomic E-state index is -0.0685. The van der Waals surface area contributed by atoms with Crippen LogP contribution in [-0.2, 0) is 7.42 Å². The molecule has 0 aromatic carbocycles. The molecule has 0 unspecified atom stereocenters. The van der Waals surface area contributed by atoms with Gasteiger partial charge < -0.3 is 0 Å². The van der Waals surface area contributed by atoms with E-state index in [1.54, 1.807) is 7.11 Å². The third-order valence-electron chi connectivity index (χ3n) is 0.768. The van der Waals surface area contributed by atoms with Crippen LogP contribution in [0.5, 0.6) is 0 Å². The van der Waals surface area contributed by atoms with E-state index in [0.29, 0.717) is 6.61 Å². The molecule has 2 nitrogen and oxygen atoms in total. The van der Waals surface area contributed by atoms with Crippen molar-refractivity contribution >= 4 is 26.2 Å². The van der Waals surface area contributed by atoms with Crippen molar-refractivity contribution in [2.75, 3.05) is 13.7 Å². The number of hydrogen-bond donors (Lipinski definition) is 0. The summed E-state index contributed by atoms with van der Waals surface area (Å²) >= 11 is 0.782. The Labute approximate surface area is 66.9 Å². The maximum absolute atomic E-state index is 5.19. The summed E-state index contributed by atoms with van der Waals surface area (Å²) in [5, 5.41) is 0. The van der Waals surface area contributed by atoms with Gasteiger partial charge in [-0.1, -0.05) is 0 Å². The van der Waals surface area contributed by atoms with Crippen LogP contribution < -0.4 is 0 Å².